The molecule has 2 heterocycles. The van der Waals surface area contributed by atoms with Gasteiger partial charge in [-0.25, -0.2) is 4.98 Å². The molecule has 1 aliphatic heterocycles. The van der Waals surface area contributed by atoms with E-state index in [2.05, 4.69) is 35.6 Å². The quantitative estimate of drug-likeness (QED) is 0.740. The van der Waals surface area contributed by atoms with E-state index in [1.54, 1.807) is 0 Å². The Labute approximate surface area is 85.5 Å². The SMILES string of the molecule is CC(C)(C)n1cncc1[C@@H]1CCCN1. The zero-order chi connectivity index (χ0) is 10.2. The molecular formula is C11H19N3. The minimum absolute atomic E-state index is 0.135. The lowest BCUT2D eigenvalue weighted by Crippen LogP contribution is -2.26. The van der Waals surface area contributed by atoms with E-state index < -0.39 is 0 Å². The first-order valence-electron chi connectivity index (χ1n) is 5.35. The van der Waals surface area contributed by atoms with Gasteiger partial charge in [0.05, 0.1) is 12.0 Å². The van der Waals surface area contributed by atoms with Crippen LogP contribution in [0.4, 0.5) is 0 Å². The van der Waals surface area contributed by atoms with Gasteiger partial charge >= 0.3 is 0 Å². The summed E-state index contributed by atoms with van der Waals surface area (Å²) in [5, 5.41) is 3.51. The largest absolute Gasteiger partial charge is 0.328 e. The van der Waals surface area contributed by atoms with E-state index in [0.717, 1.165) is 6.54 Å². The van der Waals surface area contributed by atoms with E-state index in [9.17, 15) is 0 Å². The fraction of sp³-hybridized carbons (Fsp3) is 0.727. The maximum atomic E-state index is 4.26. The van der Waals surface area contributed by atoms with Crippen LogP contribution in [-0.4, -0.2) is 16.1 Å². The number of rotatable bonds is 1. The van der Waals surface area contributed by atoms with Gasteiger partial charge in [-0.2, -0.15) is 0 Å². The number of imidazole rings is 1. The number of hydrogen-bond donors (Lipinski definition) is 1. The molecule has 14 heavy (non-hydrogen) atoms. The van der Waals surface area contributed by atoms with E-state index in [1.807, 2.05) is 12.5 Å². The van der Waals surface area contributed by atoms with Crippen LogP contribution in [0.2, 0.25) is 0 Å². The van der Waals surface area contributed by atoms with Crippen LogP contribution >= 0.6 is 0 Å². The summed E-state index contributed by atoms with van der Waals surface area (Å²) in [6.07, 6.45) is 6.45. The van der Waals surface area contributed by atoms with Crippen molar-refractivity contribution in [1.29, 1.82) is 0 Å². The molecule has 1 aliphatic rings. The average Bonchev–Trinajstić information content (AvgIpc) is 2.73. The third-order valence-corrected chi connectivity index (χ3v) is 2.81. The van der Waals surface area contributed by atoms with Gasteiger partial charge in [0.2, 0.25) is 0 Å². The van der Waals surface area contributed by atoms with Gasteiger partial charge in [-0.1, -0.05) is 0 Å². The molecule has 0 amide bonds. The maximum absolute atomic E-state index is 4.26. The standard InChI is InChI=1S/C11H19N3/c1-11(2,3)14-8-12-7-10(14)9-5-4-6-13-9/h7-9,13H,4-6H2,1-3H3/t9-/m0/s1. The first kappa shape index (κ1) is 9.71. The second-order valence-electron chi connectivity index (χ2n) is 5.01. The Bertz CT molecular complexity index is 303. The van der Waals surface area contributed by atoms with Crippen LogP contribution in [0.1, 0.15) is 45.3 Å². The van der Waals surface area contributed by atoms with Crippen LogP contribution in [0, 0.1) is 0 Å². The van der Waals surface area contributed by atoms with E-state index in [4.69, 9.17) is 0 Å². The second-order valence-corrected chi connectivity index (χ2v) is 5.01. The van der Waals surface area contributed by atoms with Crippen molar-refractivity contribution in [2.24, 2.45) is 0 Å². The van der Waals surface area contributed by atoms with E-state index in [0.29, 0.717) is 6.04 Å². The normalized spacial score (nSPS) is 22.9. The Morgan fingerprint density at radius 3 is 2.86 bits per heavy atom. The molecule has 2 rings (SSSR count). The Hall–Kier alpha value is -0.830. The highest BCUT2D eigenvalue weighted by Crippen LogP contribution is 2.26. The van der Waals surface area contributed by atoms with Gasteiger partial charge in [-0.05, 0) is 40.2 Å². The summed E-state index contributed by atoms with van der Waals surface area (Å²) in [5.74, 6) is 0. The third kappa shape index (κ3) is 1.69. The molecule has 78 valence electrons. The molecular weight excluding hydrogens is 174 g/mol. The Kier molecular flexibility index (Phi) is 2.35. The molecule has 0 saturated carbocycles. The van der Waals surface area contributed by atoms with Crippen molar-refractivity contribution in [3.05, 3.63) is 18.2 Å². The van der Waals surface area contributed by atoms with Crippen LogP contribution in [0.5, 0.6) is 0 Å². The van der Waals surface area contributed by atoms with Crippen molar-refractivity contribution in [3.8, 4) is 0 Å². The summed E-state index contributed by atoms with van der Waals surface area (Å²) in [5.41, 5.74) is 1.46. The molecule has 0 spiro atoms. The van der Waals surface area contributed by atoms with Crippen molar-refractivity contribution in [2.75, 3.05) is 6.54 Å². The minimum atomic E-state index is 0.135. The predicted molar refractivity (Wildman–Crippen MR) is 57.2 cm³/mol. The van der Waals surface area contributed by atoms with Gasteiger partial charge in [0.15, 0.2) is 0 Å². The number of aromatic nitrogens is 2. The summed E-state index contributed by atoms with van der Waals surface area (Å²) in [6.45, 7) is 7.79. The van der Waals surface area contributed by atoms with Gasteiger partial charge < -0.3 is 9.88 Å². The highest BCUT2D eigenvalue weighted by atomic mass is 15.1. The van der Waals surface area contributed by atoms with Crippen LogP contribution in [0.3, 0.4) is 0 Å². The zero-order valence-corrected chi connectivity index (χ0v) is 9.25. The van der Waals surface area contributed by atoms with Gasteiger partial charge in [-0.15, -0.1) is 0 Å². The zero-order valence-electron chi connectivity index (χ0n) is 9.25. The highest BCUT2D eigenvalue weighted by molar-refractivity contribution is 5.09. The Morgan fingerprint density at radius 1 is 1.50 bits per heavy atom. The molecule has 0 bridgehead atoms. The number of hydrogen-bond acceptors (Lipinski definition) is 2. The van der Waals surface area contributed by atoms with Crippen molar-refractivity contribution >= 4 is 0 Å². The highest BCUT2D eigenvalue weighted by Gasteiger charge is 2.24. The van der Waals surface area contributed by atoms with Crippen molar-refractivity contribution in [2.45, 2.75) is 45.2 Å². The summed E-state index contributed by atoms with van der Waals surface area (Å²) < 4.78 is 2.27. The van der Waals surface area contributed by atoms with E-state index in [-0.39, 0.29) is 5.54 Å². The predicted octanol–water partition coefficient (Wildman–Crippen LogP) is 2.06. The lowest BCUT2D eigenvalue weighted by Gasteiger charge is -2.25. The molecule has 1 aromatic heterocycles. The summed E-state index contributed by atoms with van der Waals surface area (Å²) in [4.78, 5) is 4.26. The molecule has 0 unspecified atom stereocenters. The Balaban J connectivity index is 2.29. The second kappa shape index (κ2) is 3.39. The van der Waals surface area contributed by atoms with Crippen LogP contribution in [-0.2, 0) is 5.54 Å². The van der Waals surface area contributed by atoms with Gasteiger partial charge in [0, 0.05) is 17.8 Å². The van der Waals surface area contributed by atoms with Gasteiger partial charge in [0.25, 0.3) is 0 Å². The fourth-order valence-corrected chi connectivity index (χ4v) is 2.06. The first-order chi connectivity index (χ1) is 6.59. The molecule has 0 radical (unpaired) electrons. The van der Waals surface area contributed by atoms with Crippen molar-refractivity contribution in [3.63, 3.8) is 0 Å². The van der Waals surface area contributed by atoms with Crippen molar-refractivity contribution < 1.29 is 0 Å². The smallest absolute Gasteiger partial charge is 0.0953 e. The van der Waals surface area contributed by atoms with E-state index in [1.165, 1.54) is 18.5 Å². The molecule has 0 aliphatic carbocycles. The molecule has 1 atom stereocenters. The molecule has 1 fully saturated rings. The van der Waals surface area contributed by atoms with Crippen LogP contribution < -0.4 is 5.32 Å². The minimum Gasteiger partial charge on any atom is -0.328 e. The maximum Gasteiger partial charge on any atom is 0.0953 e. The lowest BCUT2D eigenvalue weighted by molar-refractivity contribution is 0.371. The van der Waals surface area contributed by atoms with Crippen LogP contribution in [0.25, 0.3) is 0 Å². The molecule has 1 N–H and O–H groups in total. The number of nitrogens with one attached hydrogen (secondary N) is 1. The van der Waals surface area contributed by atoms with Gasteiger partial charge in [-0.3, -0.25) is 0 Å². The summed E-state index contributed by atoms with van der Waals surface area (Å²) >= 11 is 0. The molecule has 3 heteroatoms. The first-order valence-corrected chi connectivity index (χ1v) is 5.35. The molecule has 3 nitrogen and oxygen atoms in total. The van der Waals surface area contributed by atoms with Crippen molar-refractivity contribution in [1.82, 2.24) is 14.9 Å². The fourth-order valence-electron chi connectivity index (χ4n) is 2.06. The lowest BCUT2D eigenvalue weighted by atomic mass is 10.1. The molecule has 0 aromatic carbocycles. The molecule has 1 saturated heterocycles. The topological polar surface area (TPSA) is 29.9 Å². The van der Waals surface area contributed by atoms with Crippen LogP contribution in [0.15, 0.2) is 12.5 Å². The summed E-state index contributed by atoms with van der Waals surface area (Å²) in [7, 11) is 0. The third-order valence-electron chi connectivity index (χ3n) is 2.81. The monoisotopic (exact) mass is 193 g/mol. The average molecular weight is 193 g/mol. The Morgan fingerprint density at radius 2 is 2.29 bits per heavy atom. The van der Waals surface area contributed by atoms with Gasteiger partial charge in [0.1, 0.15) is 0 Å². The number of nitrogens with zero attached hydrogens (tertiary/aromatic N) is 2. The summed E-state index contributed by atoms with van der Waals surface area (Å²) in [6, 6.07) is 0.511. The van der Waals surface area contributed by atoms with E-state index >= 15 is 0 Å². The molecule has 1 aromatic rings.